The van der Waals surface area contributed by atoms with Crippen molar-refractivity contribution in [3.63, 3.8) is 0 Å². The molecule has 0 saturated heterocycles. The number of rotatable bonds is 10. The molecule has 0 fully saturated rings. The Kier molecular flexibility index (Phi) is 12.7. The quantitative estimate of drug-likeness (QED) is 0.145. The zero-order valence-corrected chi connectivity index (χ0v) is 22.0. The zero-order valence-electron chi connectivity index (χ0n) is 18.9. The van der Waals surface area contributed by atoms with Crippen molar-refractivity contribution in [2.45, 2.75) is 53.3 Å². The third-order valence-corrected chi connectivity index (χ3v) is 5.71. The van der Waals surface area contributed by atoms with E-state index < -0.39 is 0 Å². The number of hydrogen-bond acceptors (Lipinski definition) is 6. The van der Waals surface area contributed by atoms with Crippen LogP contribution < -0.4 is 10.6 Å². The van der Waals surface area contributed by atoms with E-state index in [1.165, 1.54) is 16.9 Å². The van der Waals surface area contributed by atoms with Crippen molar-refractivity contribution < 1.29 is 14.3 Å². The van der Waals surface area contributed by atoms with Gasteiger partial charge < -0.3 is 20.1 Å². The van der Waals surface area contributed by atoms with E-state index in [2.05, 4.69) is 39.7 Å². The van der Waals surface area contributed by atoms with E-state index in [9.17, 15) is 4.79 Å². The number of carbonyl (C=O) groups is 1. The first-order chi connectivity index (χ1) is 14.5. The van der Waals surface area contributed by atoms with Crippen molar-refractivity contribution in [1.82, 2.24) is 15.6 Å². The first kappa shape index (κ1) is 27.3. The van der Waals surface area contributed by atoms with Crippen LogP contribution in [0.25, 0.3) is 0 Å². The fraction of sp³-hybridized carbons (Fsp3) is 0.500. The lowest BCUT2D eigenvalue weighted by Gasteiger charge is -2.17. The minimum Gasteiger partial charge on any atom is -0.462 e. The van der Waals surface area contributed by atoms with Gasteiger partial charge in [-0.05, 0) is 38.3 Å². The molecule has 0 amide bonds. The van der Waals surface area contributed by atoms with Crippen LogP contribution in [0, 0.1) is 6.92 Å². The summed E-state index contributed by atoms with van der Waals surface area (Å²) in [5.41, 5.74) is 3.02. The molecule has 1 aromatic heterocycles. The molecule has 1 unspecified atom stereocenters. The number of benzene rings is 1. The van der Waals surface area contributed by atoms with Crippen LogP contribution in [-0.4, -0.2) is 37.2 Å². The Hall–Kier alpha value is -1.72. The normalized spacial score (nSPS) is 12.1. The number of carbonyl (C=O) groups excluding carboxylic acids is 1. The maximum Gasteiger partial charge on any atom is 0.350 e. The van der Waals surface area contributed by atoms with E-state index in [0.717, 1.165) is 23.6 Å². The molecule has 0 aliphatic rings. The summed E-state index contributed by atoms with van der Waals surface area (Å²) in [7, 11) is 1.73. The van der Waals surface area contributed by atoms with Gasteiger partial charge in [-0.1, -0.05) is 31.2 Å². The van der Waals surface area contributed by atoms with Crippen LogP contribution in [0.1, 0.15) is 64.7 Å². The third-order valence-electron chi connectivity index (χ3n) is 4.39. The Morgan fingerprint density at radius 1 is 1.26 bits per heavy atom. The molecule has 1 aromatic carbocycles. The highest BCUT2D eigenvalue weighted by Crippen LogP contribution is 2.24. The van der Waals surface area contributed by atoms with Crippen molar-refractivity contribution in [2.24, 2.45) is 4.99 Å². The largest absolute Gasteiger partial charge is 0.462 e. The van der Waals surface area contributed by atoms with E-state index in [1.54, 1.807) is 14.0 Å². The first-order valence-corrected chi connectivity index (χ1v) is 11.1. The lowest BCUT2D eigenvalue weighted by Crippen LogP contribution is -2.38. The predicted molar refractivity (Wildman–Crippen MR) is 136 cm³/mol. The second-order valence-corrected chi connectivity index (χ2v) is 7.83. The average molecular weight is 561 g/mol. The van der Waals surface area contributed by atoms with Gasteiger partial charge in [0.05, 0.1) is 24.9 Å². The molecule has 2 rings (SSSR count). The number of halogens is 1. The molecule has 9 heteroatoms. The SMILES string of the molecule is CCCOCc1ccccc1CNC(=NC)NC(C)c1nc(C)c(C(=O)OCC)s1.I. The third kappa shape index (κ3) is 8.38. The molecular weight excluding hydrogens is 527 g/mol. The fourth-order valence-electron chi connectivity index (χ4n) is 2.83. The maximum atomic E-state index is 12.0. The first-order valence-electron chi connectivity index (χ1n) is 10.3. The van der Waals surface area contributed by atoms with Gasteiger partial charge in [-0.25, -0.2) is 9.78 Å². The molecule has 0 aliphatic heterocycles. The van der Waals surface area contributed by atoms with Crippen LogP contribution in [0.3, 0.4) is 0 Å². The molecule has 31 heavy (non-hydrogen) atoms. The number of ether oxygens (including phenoxy) is 2. The second kappa shape index (κ2) is 14.4. The minimum atomic E-state index is -0.324. The van der Waals surface area contributed by atoms with Crippen LogP contribution in [0.15, 0.2) is 29.3 Å². The molecule has 0 aliphatic carbocycles. The van der Waals surface area contributed by atoms with E-state index in [-0.39, 0.29) is 36.0 Å². The van der Waals surface area contributed by atoms with Crippen molar-refractivity contribution in [1.29, 1.82) is 0 Å². The Balaban J connectivity index is 0.00000480. The number of aryl methyl sites for hydroxylation is 1. The van der Waals surface area contributed by atoms with Crippen molar-refractivity contribution in [2.75, 3.05) is 20.3 Å². The molecule has 0 saturated carbocycles. The van der Waals surface area contributed by atoms with Gasteiger partial charge in [0.25, 0.3) is 0 Å². The van der Waals surface area contributed by atoms with Gasteiger partial charge in [0, 0.05) is 20.2 Å². The van der Waals surface area contributed by atoms with Gasteiger partial charge in [-0.3, -0.25) is 4.99 Å². The number of guanidine groups is 1. The van der Waals surface area contributed by atoms with Gasteiger partial charge in [0.15, 0.2) is 5.96 Å². The van der Waals surface area contributed by atoms with Crippen LogP contribution in [0.4, 0.5) is 0 Å². The van der Waals surface area contributed by atoms with E-state index >= 15 is 0 Å². The standard InChI is InChI=1S/C22H32N4O3S.HI/c1-6-12-28-14-18-11-9-8-10-17(18)13-24-22(23-5)26-16(4)20-25-15(3)19(30-20)21(27)29-7-2;/h8-11,16H,6-7,12-14H2,1-5H3,(H2,23,24,26);1H. The van der Waals surface area contributed by atoms with E-state index in [1.807, 2.05) is 26.0 Å². The predicted octanol–water partition coefficient (Wildman–Crippen LogP) is 4.60. The molecule has 172 valence electrons. The molecule has 0 spiro atoms. The Morgan fingerprint density at radius 2 is 1.97 bits per heavy atom. The van der Waals surface area contributed by atoms with Crippen LogP contribution in [-0.2, 0) is 22.6 Å². The Morgan fingerprint density at radius 3 is 2.61 bits per heavy atom. The smallest absolute Gasteiger partial charge is 0.350 e. The number of hydrogen-bond donors (Lipinski definition) is 2. The average Bonchev–Trinajstić information content (AvgIpc) is 3.14. The Bertz CT molecular complexity index is 857. The highest BCUT2D eigenvalue weighted by atomic mass is 127. The summed E-state index contributed by atoms with van der Waals surface area (Å²) in [6.07, 6.45) is 1.00. The van der Waals surface area contributed by atoms with Gasteiger partial charge >= 0.3 is 5.97 Å². The number of aromatic nitrogens is 1. The van der Waals surface area contributed by atoms with Crippen molar-refractivity contribution in [3.05, 3.63) is 51.0 Å². The van der Waals surface area contributed by atoms with E-state index in [0.29, 0.717) is 36.3 Å². The molecule has 0 radical (unpaired) electrons. The summed E-state index contributed by atoms with van der Waals surface area (Å²) < 4.78 is 10.8. The van der Waals surface area contributed by atoms with Gasteiger partial charge in [0.1, 0.15) is 9.88 Å². The minimum absolute atomic E-state index is 0. The zero-order chi connectivity index (χ0) is 21.9. The second-order valence-electron chi connectivity index (χ2n) is 6.80. The Labute approximate surface area is 206 Å². The van der Waals surface area contributed by atoms with Crippen LogP contribution >= 0.6 is 35.3 Å². The highest BCUT2D eigenvalue weighted by Gasteiger charge is 2.20. The maximum absolute atomic E-state index is 12.0. The van der Waals surface area contributed by atoms with Crippen LogP contribution in [0.5, 0.6) is 0 Å². The highest BCUT2D eigenvalue weighted by molar-refractivity contribution is 14.0. The van der Waals surface area contributed by atoms with Gasteiger partial charge in [0.2, 0.25) is 0 Å². The molecule has 2 aromatic rings. The summed E-state index contributed by atoms with van der Waals surface area (Å²) in [4.78, 5) is 21.4. The molecule has 1 atom stereocenters. The molecular formula is C22H33IN4O3S. The number of aliphatic imine (C=N–C) groups is 1. The molecule has 0 bridgehead atoms. The number of esters is 1. The van der Waals surface area contributed by atoms with Crippen molar-refractivity contribution in [3.8, 4) is 0 Å². The molecule has 2 N–H and O–H groups in total. The number of thiazole rings is 1. The lowest BCUT2D eigenvalue weighted by atomic mass is 10.1. The molecule has 1 heterocycles. The molecule has 7 nitrogen and oxygen atoms in total. The summed E-state index contributed by atoms with van der Waals surface area (Å²) in [5, 5.41) is 7.50. The lowest BCUT2D eigenvalue weighted by molar-refractivity contribution is 0.0531. The monoisotopic (exact) mass is 560 g/mol. The summed E-state index contributed by atoms with van der Waals surface area (Å²) >= 11 is 1.35. The number of nitrogens with one attached hydrogen (secondary N) is 2. The number of nitrogens with zero attached hydrogens (tertiary/aromatic N) is 2. The fourth-order valence-corrected chi connectivity index (χ4v) is 3.79. The summed E-state index contributed by atoms with van der Waals surface area (Å²) in [6.45, 7) is 10.0. The summed E-state index contributed by atoms with van der Waals surface area (Å²) in [6, 6.07) is 8.11. The van der Waals surface area contributed by atoms with Crippen LogP contribution in [0.2, 0.25) is 0 Å². The summed E-state index contributed by atoms with van der Waals surface area (Å²) in [5.74, 6) is 0.340. The van der Waals surface area contributed by atoms with Gasteiger partial charge in [-0.15, -0.1) is 35.3 Å². The van der Waals surface area contributed by atoms with Gasteiger partial charge in [-0.2, -0.15) is 0 Å². The van der Waals surface area contributed by atoms with Crippen molar-refractivity contribution >= 4 is 47.2 Å². The topological polar surface area (TPSA) is 84.8 Å². The van der Waals surface area contributed by atoms with E-state index in [4.69, 9.17) is 9.47 Å².